The Morgan fingerprint density at radius 3 is 2.38 bits per heavy atom. The summed E-state index contributed by atoms with van der Waals surface area (Å²) in [6.45, 7) is 7.60. The average Bonchev–Trinajstić information content (AvgIpc) is 3.31. The van der Waals surface area contributed by atoms with Crippen LogP contribution in [0.1, 0.15) is 51.5 Å². The summed E-state index contributed by atoms with van der Waals surface area (Å²) < 4.78 is 5.35. The molecule has 0 unspecified atom stereocenters. The molecular weight excluding hydrogens is 366 g/mol. The lowest BCUT2D eigenvalue weighted by Crippen LogP contribution is -2.57. The third kappa shape index (κ3) is 5.95. The van der Waals surface area contributed by atoms with Crippen LogP contribution in [-0.4, -0.2) is 60.1 Å². The maximum atomic E-state index is 13.2. The second-order valence-corrected chi connectivity index (χ2v) is 8.37. The standard InChI is InChI=1S/C23H35N3O3/c1-3-18(2)21(24-23(28)29-17-19-9-5-4-6-10-19)22(27)26-15-13-25(14-16-26)20-11-7-8-12-20/h4-6,9-10,18,20-21H,3,7-8,11-17H2,1-2H3,(H,24,28)/t18-,21-/m0/s1. The topological polar surface area (TPSA) is 61.9 Å². The normalized spacial score (nSPS) is 20.3. The summed E-state index contributed by atoms with van der Waals surface area (Å²) in [6.07, 6.45) is 5.52. The molecule has 0 aromatic heterocycles. The van der Waals surface area contributed by atoms with Crippen LogP contribution in [-0.2, 0) is 16.1 Å². The molecule has 1 saturated carbocycles. The highest BCUT2D eigenvalue weighted by Crippen LogP contribution is 2.24. The predicted octanol–water partition coefficient (Wildman–Crippen LogP) is 3.41. The Morgan fingerprint density at radius 1 is 1.10 bits per heavy atom. The number of hydrogen-bond acceptors (Lipinski definition) is 4. The number of rotatable bonds is 7. The van der Waals surface area contributed by atoms with Crippen LogP contribution in [0.2, 0.25) is 0 Å². The van der Waals surface area contributed by atoms with Crippen LogP contribution in [0.4, 0.5) is 4.79 Å². The van der Waals surface area contributed by atoms with E-state index in [9.17, 15) is 9.59 Å². The molecule has 1 heterocycles. The van der Waals surface area contributed by atoms with Crippen molar-refractivity contribution >= 4 is 12.0 Å². The number of carbonyl (C=O) groups is 2. The molecule has 2 aliphatic rings. The third-order valence-electron chi connectivity index (χ3n) is 6.43. The summed E-state index contributed by atoms with van der Waals surface area (Å²) in [4.78, 5) is 30.0. The Kier molecular flexibility index (Phi) is 7.92. The van der Waals surface area contributed by atoms with Gasteiger partial charge in [0.2, 0.25) is 5.91 Å². The van der Waals surface area contributed by atoms with Crippen molar-refractivity contribution in [3.63, 3.8) is 0 Å². The van der Waals surface area contributed by atoms with Gasteiger partial charge in [-0.25, -0.2) is 4.79 Å². The minimum Gasteiger partial charge on any atom is -0.445 e. The molecule has 6 heteroatoms. The monoisotopic (exact) mass is 401 g/mol. The predicted molar refractivity (Wildman–Crippen MR) is 113 cm³/mol. The molecule has 1 aliphatic carbocycles. The van der Waals surface area contributed by atoms with E-state index in [0.29, 0.717) is 6.04 Å². The van der Waals surface area contributed by atoms with Crippen molar-refractivity contribution in [2.75, 3.05) is 26.2 Å². The minimum absolute atomic E-state index is 0.0158. The number of nitrogens with one attached hydrogen (secondary N) is 1. The lowest BCUT2D eigenvalue weighted by molar-refractivity contribution is -0.136. The van der Waals surface area contributed by atoms with Gasteiger partial charge in [0.15, 0.2) is 0 Å². The second kappa shape index (κ2) is 10.6. The van der Waals surface area contributed by atoms with E-state index >= 15 is 0 Å². The van der Waals surface area contributed by atoms with Crippen LogP contribution < -0.4 is 5.32 Å². The first-order valence-electron chi connectivity index (χ1n) is 11.1. The maximum Gasteiger partial charge on any atom is 0.408 e. The van der Waals surface area contributed by atoms with E-state index in [0.717, 1.165) is 38.2 Å². The first-order valence-corrected chi connectivity index (χ1v) is 11.1. The van der Waals surface area contributed by atoms with Crippen molar-refractivity contribution in [1.29, 1.82) is 0 Å². The zero-order valence-electron chi connectivity index (χ0n) is 17.8. The smallest absolute Gasteiger partial charge is 0.408 e. The molecule has 0 spiro atoms. The van der Waals surface area contributed by atoms with Gasteiger partial charge in [-0.15, -0.1) is 0 Å². The fourth-order valence-corrected chi connectivity index (χ4v) is 4.35. The van der Waals surface area contributed by atoms with E-state index in [4.69, 9.17) is 4.74 Å². The molecule has 1 aliphatic heterocycles. The summed E-state index contributed by atoms with van der Waals surface area (Å²) in [5.41, 5.74) is 0.928. The lowest BCUT2D eigenvalue weighted by Gasteiger charge is -2.39. The fraction of sp³-hybridized carbons (Fsp3) is 0.652. The zero-order valence-corrected chi connectivity index (χ0v) is 17.8. The molecule has 3 rings (SSSR count). The van der Waals surface area contributed by atoms with Gasteiger partial charge in [-0.3, -0.25) is 9.69 Å². The molecule has 29 heavy (non-hydrogen) atoms. The summed E-state index contributed by atoms with van der Waals surface area (Å²) in [5.74, 6) is 0.0710. The Hall–Kier alpha value is -2.08. The van der Waals surface area contributed by atoms with Crippen LogP contribution in [0.15, 0.2) is 30.3 Å². The van der Waals surface area contributed by atoms with E-state index in [2.05, 4.69) is 10.2 Å². The highest BCUT2D eigenvalue weighted by atomic mass is 16.5. The number of amides is 2. The molecule has 2 atom stereocenters. The second-order valence-electron chi connectivity index (χ2n) is 8.37. The molecule has 0 radical (unpaired) electrons. The van der Waals surface area contributed by atoms with Crippen molar-refractivity contribution in [2.45, 2.75) is 64.6 Å². The maximum absolute atomic E-state index is 13.2. The van der Waals surface area contributed by atoms with Crippen LogP contribution in [0.3, 0.4) is 0 Å². The summed E-state index contributed by atoms with van der Waals surface area (Å²) in [7, 11) is 0. The van der Waals surface area contributed by atoms with E-state index < -0.39 is 12.1 Å². The summed E-state index contributed by atoms with van der Waals surface area (Å²) >= 11 is 0. The van der Waals surface area contributed by atoms with E-state index in [1.807, 2.05) is 49.1 Å². The first-order chi connectivity index (χ1) is 14.1. The van der Waals surface area contributed by atoms with Gasteiger partial charge in [0.25, 0.3) is 0 Å². The number of hydrogen-bond donors (Lipinski definition) is 1. The molecule has 2 fully saturated rings. The molecule has 1 aromatic rings. The number of ether oxygens (including phenoxy) is 1. The highest BCUT2D eigenvalue weighted by Gasteiger charge is 2.33. The Labute approximate surface area is 174 Å². The molecule has 6 nitrogen and oxygen atoms in total. The van der Waals surface area contributed by atoms with Crippen molar-refractivity contribution in [1.82, 2.24) is 15.1 Å². The van der Waals surface area contributed by atoms with Crippen LogP contribution in [0.25, 0.3) is 0 Å². The molecule has 0 bridgehead atoms. The van der Waals surface area contributed by atoms with Gasteiger partial charge in [-0.2, -0.15) is 0 Å². The van der Waals surface area contributed by atoms with Gasteiger partial charge in [-0.1, -0.05) is 63.4 Å². The summed E-state index contributed by atoms with van der Waals surface area (Å²) in [6, 6.07) is 9.72. The SMILES string of the molecule is CC[C@H](C)[C@H](NC(=O)OCc1ccccc1)C(=O)N1CCN(C2CCCC2)CC1. The van der Waals surface area contributed by atoms with E-state index in [1.165, 1.54) is 25.7 Å². The molecule has 1 aromatic carbocycles. The number of piperazine rings is 1. The van der Waals surface area contributed by atoms with Gasteiger partial charge in [0.05, 0.1) is 0 Å². The van der Waals surface area contributed by atoms with Crippen LogP contribution >= 0.6 is 0 Å². The van der Waals surface area contributed by atoms with Crippen molar-refractivity contribution in [3.8, 4) is 0 Å². The first kappa shape index (κ1) is 21.6. The summed E-state index contributed by atoms with van der Waals surface area (Å²) in [5, 5.41) is 2.84. The highest BCUT2D eigenvalue weighted by molar-refractivity contribution is 5.86. The van der Waals surface area contributed by atoms with Gasteiger partial charge in [0, 0.05) is 32.2 Å². The third-order valence-corrected chi connectivity index (χ3v) is 6.43. The molecule has 2 amide bonds. The largest absolute Gasteiger partial charge is 0.445 e. The van der Waals surface area contributed by atoms with Gasteiger partial charge in [-0.05, 0) is 24.3 Å². The number of benzene rings is 1. The molecule has 160 valence electrons. The van der Waals surface area contributed by atoms with Gasteiger partial charge < -0.3 is 15.0 Å². The van der Waals surface area contributed by atoms with E-state index in [-0.39, 0.29) is 18.4 Å². The van der Waals surface area contributed by atoms with Crippen LogP contribution in [0, 0.1) is 5.92 Å². The minimum atomic E-state index is -0.540. The zero-order chi connectivity index (χ0) is 20.6. The van der Waals surface area contributed by atoms with Gasteiger partial charge >= 0.3 is 6.09 Å². The fourth-order valence-electron chi connectivity index (χ4n) is 4.35. The quantitative estimate of drug-likeness (QED) is 0.761. The Balaban J connectivity index is 1.52. The molecule has 1 N–H and O–H groups in total. The van der Waals surface area contributed by atoms with Gasteiger partial charge in [0.1, 0.15) is 12.6 Å². The number of alkyl carbamates (subject to hydrolysis) is 1. The molecule has 1 saturated heterocycles. The Morgan fingerprint density at radius 2 is 1.76 bits per heavy atom. The van der Waals surface area contributed by atoms with Crippen molar-refractivity contribution < 1.29 is 14.3 Å². The van der Waals surface area contributed by atoms with E-state index in [1.54, 1.807) is 0 Å². The molecular formula is C23H35N3O3. The number of carbonyl (C=O) groups excluding carboxylic acids is 2. The Bertz CT molecular complexity index is 653. The van der Waals surface area contributed by atoms with Crippen LogP contribution in [0.5, 0.6) is 0 Å². The number of nitrogens with zero attached hydrogens (tertiary/aromatic N) is 2. The average molecular weight is 402 g/mol. The lowest BCUT2D eigenvalue weighted by atomic mass is 9.97. The van der Waals surface area contributed by atoms with Crippen molar-refractivity contribution in [2.24, 2.45) is 5.92 Å². The van der Waals surface area contributed by atoms with Crippen molar-refractivity contribution in [3.05, 3.63) is 35.9 Å².